The molecule has 0 aliphatic rings. The number of hydrogen-bond acceptors (Lipinski definition) is 3. The zero-order valence-electron chi connectivity index (χ0n) is 5.18. The lowest BCUT2D eigenvalue weighted by Gasteiger charge is -1.94. The molecule has 0 spiro atoms. The van der Waals surface area contributed by atoms with Gasteiger partial charge in [-0.1, -0.05) is 0 Å². The number of rotatable bonds is 2. The summed E-state index contributed by atoms with van der Waals surface area (Å²) in [6, 6.07) is 0. The summed E-state index contributed by atoms with van der Waals surface area (Å²) in [5.41, 5.74) is 0. The van der Waals surface area contributed by atoms with Crippen LogP contribution >= 0.6 is 15.9 Å². The van der Waals surface area contributed by atoms with E-state index < -0.39 is 5.97 Å². The Hall–Kier alpha value is -0.510. The van der Waals surface area contributed by atoms with Crippen molar-refractivity contribution in [3.8, 4) is 0 Å². The van der Waals surface area contributed by atoms with Crippen molar-refractivity contribution < 1.29 is 14.3 Å². The second kappa shape index (κ2) is 4.38. The lowest BCUT2D eigenvalue weighted by molar-refractivity contribution is -0.135. The van der Waals surface area contributed by atoms with Crippen LogP contribution in [-0.2, 0) is 14.3 Å². The molecule has 0 N–H and O–H groups in total. The van der Waals surface area contributed by atoms with Crippen molar-refractivity contribution in [2.45, 2.75) is 0 Å². The molecule has 0 bridgehead atoms. The second-order valence-corrected chi connectivity index (χ2v) is 2.05. The summed E-state index contributed by atoms with van der Waals surface area (Å²) in [5.74, 6) is -0.447. The fraction of sp³-hybridized carbons (Fsp3) is 0.400. The van der Waals surface area contributed by atoms with Gasteiger partial charge in [0.25, 0.3) is 0 Å². The molecule has 0 aromatic rings. The SMILES string of the molecule is CO/C=C(/Br)C(=O)OC. The highest BCUT2D eigenvalue weighted by Crippen LogP contribution is 2.05. The Labute approximate surface area is 61.8 Å². The monoisotopic (exact) mass is 194 g/mol. The van der Waals surface area contributed by atoms with Crippen molar-refractivity contribution >= 4 is 21.9 Å². The molecule has 0 radical (unpaired) electrons. The standard InChI is InChI=1S/C5H7BrO3/c1-8-3-4(6)5(7)9-2/h3H,1-2H3/b4-3+. The van der Waals surface area contributed by atoms with E-state index >= 15 is 0 Å². The average Bonchev–Trinajstić information content (AvgIpc) is 1.87. The van der Waals surface area contributed by atoms with Crippen molar-refractivity contribution in [1.82, 2.24) is 0 Å². The van der Waals surface area contributed by atoms with E-state index in [0.29, 0.717) is 0 Å². The molecule has 0 amide bonds. The molecule has 3 nitrogen and oxygen atoms in total. The fourth-order valence-electron chi connectivity index (χ4n) is 0.249. The average molecular weight is 195 g/mol. The Morgan fingerprint density at radius 3 is 2.44 bits per heavy atom. The molecule has 0 aliphatic heterocycles. The summed E-state index contributed by atoms with van der Waals surface area (Å²) < 4.78 is 9.12. The minimum atomic E-state index is -0.447. The van der Waals surface area contributed by atoms with Gasteiger partial charge in [-0.2, -0.15) is 0 Å². The molecule has 0 rings (SSSR count). The summed E-state index contributed by atoms with van der Waals surface area (Å²) in [5, 5.41) is 0. The first kappa shape index (κ1) is 8.49. The maximum atomic E-state index is 10.5. The number of hydrogen-bond donors (Lipinski definition) is 0. The van der Waals surface area contributed by atoms with E-state index in [0.717, 1.165) is 0 Å². The van der Waals surface area contributed by atoms with Crippen molar-refractivity contribution in [3.05, 3.63) is 10.7 Å². The third-order valence-electron chi connectivity index (χ3n) is 0.602. The number of esters is 1. The molecule has 0 aromatic carbocycles. The van der Waals surface area contributed by atoms with E-state index in [1.165, 1.54) is 20.5 Å². The quantitative estimate of drug-likeness (QED) is 0.375. The van der Waals surface area contributed by atoms with Gasteiger partial charge >= 0.3 is 5.97 Å². The first-order valence-corrected chi connectivity index (χ1v) is 2.98. The van der Waals surface area contributed by atoms with Crippen LogP contribution in [0.4, 0.5) is 0 Å². The second-order valence-electron chi connectivity index (χ2n) is 1.19. The number of carbonyl (C=O) groups excluding carboxylic acids is 1. The maximum absolute atomic E-state index is 10.5. The highest BCUT2D eigenvalue weighted by Gasteiger charge is 2.03. The molecular weight excluding hydrogens is 188 g/mol. The minimum absolute atomic E-state index is 0.271. The summed E-state index contributed by atoms with van der Waals surface area (Å²) >= 11 is 2.93. The van der Waals surface area contributed by atoms with Gasteiger partial charge in [-0.25, -0.2) is 4.79 Å². The van der Waals surface area contributed by atoms with Crippen molar-refractivity contribution in [2.24, 2.45) is 0 Å². The first-order valence-electron chi connectivity index (χ1n) is 2.19. The van der Waals surface area contributed by atoms with E-state index in [4.69, 9.17) is 0 Å². The number of halogens is 1. The van der Waals surface area contributed by atoms with Crippen LogP contribution in [0.2, 0.25) is 0 Å². The lowest BCUT2D eigenvalue weighted by Crippen LogP contribution is -1.99. The number of ether oxygens (including phenoxy) is 2. The van der Waals surface area contributed by atoms with E-state index in [9.17, 15) is 4.79 Å². The molecule has 0 aliphatic carbocycles. The van der Waals surface area contributed by atoms with Gasteiger partial charge < -0.3 is 9.47 Å². The Morgan fingerprint density at radius 1 is 1.56 bits per heavy atom. The normalized spacial score (nSPS) is 10.8. The van der Waals surface area contributed by atoms with E-state index in [1.54, 1.807) is 0 Å². The van der Waals surface area contributed by atoms with Crippen LogP contribution in [0.3, 0.4) is 0 Å². The first-order chi connectivity index (χ1) is 4.22. The Morgan fingerprint density at radius 2 is 2.11 bits per heavy atom. The smallest absolute Gasteiger partial charge is 0.348 e. The molecule has 0 saturated carbocycles. The molecule has 0 unspecified atom stereocenters. The van der Waals surface area contributed by atoms with Gasteiger partial charge in [0, 0.05) is 0 Å². The Kier molecular flexibility index (Phi) is 4.13. The predicted octanol–water partition coefficient (Wildman–Crippen LogP) is 1.04. The molecule has 0 heterocycles. The molecule has 0 atom stereocenters. The van der Waals surface area contributed by atoms with Crippen molar-refractivity contribution in [3.63, 3.8) is 0 Å². The Bertz CT molecular complexity index is 130. The molecule has 0 saturated heterocycles. The van der Waals surface area contributed by atoms with Gasteiger partial charge in [0.15, 0.2) is 0 Å². The van der Waals surface area contributed by atoms with Crippen LogP contribution in [0.5, 0.6) is 0 Å². The predicted molar refractivity (Wildman–Crippen MR) is 36.0 cm³/mol. The molecular formula is C5H7BrO3. The lowest BCUT2D eigenvalue weighted by atomic mass is 10.6. The maximum Gasteiger partial charge on any atom is 0.348 e. The van der Waals surface area contributed by atoms with Crippen molar-refractivity contribution in [1.29, 1.82) is 0 Å². The van der Waals surface area contributed by atoms with Gasteiger partial charge in [0.05, 0.1) is 14.2 Å². The Balaban J connectivity index is 3.86. The summed E-state index contributed by atoms with van der Waals surface area (Å²) in [6.07, 6.45) is 1.26. The van der Waals surface area contributed by atoms with Crippen LogP contribution in [0.1, 0.15) is 0 Å². The van der Waals surface area contributed by atoms with E-state index in [1.807, 2.05) is 0 Å². The van der Waals surface area contributed by atoms with Gasteiger partial charge in [0.2, 0.25) is 0 Å². The highest BCUT2D eigenvalue weighted by atomic mass is 79.9. The molecule has 0 aromatic heterocycles. The fourth-order valence-corrected chi connectivity index (χ4v) is 0.598. The van der Waals surface area contributed by atoms with Crippen LogP contribution in [0.25, 0.3) is 0 Å². The number of carbonyl (C=O) groups is 1. The largest absolute Gasteiger partial charge is 0.503 e. The molecule has 4 heteroatoms. The van der Waals surface area contributed by atoms with Crippen LogP contribution in [0, 0.1) is 0 Å². The third-order valence-corrected chi connectivity index (χ3v) is 1.11. The van der Waals surface area contributed by atoms with Gasteiger partial charge in [-0.15, -0.1) is 0 Å². The topological polar surface area (TPSA) is 35.5 Å². The summed E-state index contributed by atoms with van der Waals surface area (Å²) in [6.45, 7) is 0. The van der Waals surface area contributed by atoms with E-state index in [2.05, 4.69) is 25.4 Å². The summed E-state index contributed by atoms with van der Waals surface area (Å²) in [4.78, 5) is 10.5. The minimum Gasteiger partial charge on any atom is -0.503 e. The van der Waals surface area contributed by atoms with Crippen molar-refractivity contribution in [2.75, 3.05) is 14.2 Å². The summed E-state index contributed by atoms with van der Waals surface area (Å²) in [7, 11) is 2.75. The zero-order valence-corrected chi connectivity index (χ0v) is 6.77. The number of methoxy groups -OCH3 is 2. The zero-order chi connectivity index (χ0) is 7.28. The van der Waals surface area contributed by atoms with Crippen LogP contribution in [-0.4, -0.2) is 20.2 Å². The highest BCUT2D eigenvalue weighted by molar-refractivity contribution is 9.12. The molecule has 0 fully saturated rings. The third kappa shape index (κ3) is 3.13. The van der Waals surface area contributed by atoms with Crippen LogP contribution < -0.4 is 0 Å². The molecule has 52 valence electrons. The van der Waals surface area contributed by atoms with Crippen LogP contribution in [0.15, 0.2) is 10.7 Å². The van der Waals surface area contributed by atoms with Gasteiger partial charge in [-0.3, -0.25) is 0 Å². The van der Waals surface area contributed by atoms with Gasteiger partial charge in [-0.05, 0) is 15.9 Å². The van der Waals surface area contributed by atoms with Gasteiger partial charge in [0.1, 0.15) is 10.7 Å². The van der Waals surface area contributed by atoms with E-state index in [-0.39, 0.29) is 4.48 Å². The molecule has 9 heavy (non-hydrogen) atoms.